The molecular formula is C21H27N3O2. The Morgan fingerprint density at radius 3 is 2.81 bits per heavy atom. The second-order valence-electron chi connectivity index (χ2n) is 6.60. The molecule has 0 bridgehead atoms. The van der Waals surface area contributed by atoms with Crippen LogP contribution in [0.2, 0.25) is 0 Å². The van der Waals surface area contributed by atoms with E-state index in [0.717, 1.165) is 25.1 Å². The quantitative estimate of drug-likeness (QED) is 0.642. The van der Waals surface area contributed by atoms with Gasteiger partial charge in [0.05, 0.1) is 13.2 Å². The summed E-state index contributed by atoms with van der Waals surface area (Å²) in [5.74, 6) is 0.106. The summed E-state index contributed by atoms with van der Waals surface area (Å²) < 4.78 is 9.47. The number of rotatable bonds is 9. The molecule has 1 aromatic carbocycles. The van der Waals surface area contributed by atoms with Gasteiger partial charge in [-0.3, -0.25) is 4.79 Å². The number of aromatic nitrogens is 2. The molecule has 0 fully saturated rings. The Morgan fingerprint density at radius 2 is 2.04 bits per heavy atom. The molecule has 3 rings (SSSR count). The molecule has 26 heavy (non-hydrogen) atoms. The summed E-state index contributed by atoms with van der Waals surface area (Å²) in [6.45, 7) is 2.12. The molecule has 0 spiro atoms. The molecule has 0 aliphatic rings. The molecule has 0 saturated carbocycles. The minimum atomic E-state index is 0.106. The Bertz CT molecular complexity index is 863. The van der Waals surface area contributed by atoms with E-state index in [-0.39, 0.29) is 5.91 Å². The minimum absolute atomic E-state index is 0.106. The molecule has 5 nitrogen and oxygen atoms in total. The predicted molar refractivity (Wildman–Crippen MR) is 104 cm³/mol. The van der Waals surface area contributed by atoms with E-state index >= 15 is 0 Å². The van der Waals surface area contributed by atoms with Crippen molar-refractivity contribution in [3.63, 3.8) is 0 Å². The molecule has 2 heterocycles. The monoisotopic (exact) mass is 353 g/mol. The van der Waals surface area contributed by atoms with Gasteiger partial charge in [0.15, 0.2) is 0 Å². The zero-order chi connectivity index (χ0) is 18.4. The van der Waals surface area contributed by atoms with Crippen LogP contribution in [0.5, 0.6) is 0 Å². The van der Waals surface area contributed by atoms with Gasteiger partial charge in [0.2, 0.25) is 5.91 Å². The third-order valence-electron chi connectivity index (χ3n) is 4.78. The number of fused-ring (bicyclic) bond motifs is 1. The number of nitrogens with one attached hydrogen (secondary N) is 1. The smallest absolute Gasteiger partial charge is 0.220 e. The number of para-hydroxylation sites is 1. The number of hydrogen-bond acceptors (Lipinski definition) is 2. The van der Waals surface area contributed by atoms with Crippen LogP contribution in [0.1, 0.15) is 24.1 Å². The highest BCUT2D eigenvalue weighted by Gasteiger charge is 2.09. The Labute approximate surface area is 154 Å². The largest absolute Gasteiger partial charge is 0.383 e. The highest BCUT2D eigenvalue weighted by Crippen LogP contribution is 2.23. The van der Waals surface area contributed by atoms with Crippen LogP contribution >= 0.6 is 0 Å². The van der Waals surface area contributed by atoms with Crippen molar-refractivity contribution in [3.8, 4) is 0 Å². The second-order valence-corrected chi connectivity index (χ2v) is 6.60. The Morgan fingerprint density at radius 1 is 1.19 bits per heavy atom. The lowest BCUT2D eigenvalue weighted by Crippen LogP contribution is -2.23. The van der Waals surface area contributed by atoms with E-state index in [9.17, 15) is 4.79 Å². The first-order chi connectivity index (χ1) is 12.7. The SMILES string of the molecule is COCCn1cc(CCCC(=O)NCc2cccn2C)c2ccccc21. The Hall–Kier alpha value is -2.53. The average Bonchev–Trinajstić information content (AvgIpc) is 3.22. The van der Waals surface area contributed by atoms with Gasteiger partial charge in [0.1, 0.15) is 0 Å². The zero-order valence-corrected chi connectivity index (χ0v) is 15.6. The Kier molecular flexibility index (Phi) is 6.12. The van der Waals surface area contributed by atoms with Gasteiger partial charge in [0.25, 0.3) is 0 Å². The number of carbonyl (C=O) groups is 1. The van der Waals surface area contributed by atoms with Crippen molar-refractivity contribution in [2.45, 2.75) is 32.4 Å². The first-order valence-corrected chi connectivity index (χ1v) is 9.11. The molecule has 2 aromatic heterocycles. The van der Waals surface area contributed by atoms with E-state index in [4.69, 9.17) is 4.74 Å². The zero-order valence-electron chi connectivity index (χ0n) is 15.6. The number of hydrogen-bond donors (Lipinski definition) is 1. The van der Waals surface area contributed by atoms with E-state index < -0.39 is 0 Å². The van der Waals surface area contributed by atoms with Crippen molar-refractivity contribution >= 4 is 16.8 Å². The van der Waals surface area contributed by atoms with E-state index in [1.807, 2.05) is 29.9 Å². The third kappa shape index (κ3) is 4.35. The van der Waals surface area contributed by atoms with E-state index in [1.165, 1.54) is 16.5 Å². The molecule has 1 N–H and O–H groups in total. The van der Waals surface area contributed by atoms with Gasteiger partial charge in [-0.05, 0) is 36.6 Å². The number of benzene rings is 1. The molecule has 0 aliphatic heterocycles. The number of methoxy groups -OCH3 is 1. The third-order valence-corrected chi connectivity index (χ3v) is 4.78. The van der Waals surface area contributed by atoms with Gasteiger partial charge in [-0.25, -0.2) is 0 Å². The van der Waals surface area contributed by atoms with Gasteiger partial charge in [-0.2, -0.15) is 0 Å². The molecule has 1 amide bonds. The summed E-state index contributed by atoms with van der Waals surface area (Å²) in [5.41, 5.74) is 3.64. The summed E-state index contributed by atoms with van der Waals surface area (Å²) >= 11 is 0. The normalized spacial score (nSPS) is 11.2. The number of carbonyl (C=O) groups excluding carboxylic acids is 1. The van der Waals surface area contributed by atoms with Crippen LogP contribution in [-0.2, 0) is 36.1 Å². The summed E-state index contributed by atoms with van der Waals surface area (Å²) in [6, 6.07) is 12.4. The summed E-state index contributed by atoms with van der Waals surface area (Å²) in [4.78, 5) is 12.1. The van der Waals surface area contributed by atoms with Crippen LogP contribution in [0.25, 0.3) is 10.9 Å². The Balaban J connectivity index is 1.54. The fraction of sp³-hybridized carbons (Fsp3) is 0.381. The molecular weight excluding hydrogens is 326 g/mol. The maximum atomic E-state index is 12.1. The second kappa shape index (κ2) is 8.72. The molecule has 0 aliphatic carbocycles. The van der Waals surface area contributed by atoms with Crippen molar-refractivity contribution in [3.05, 3.63) is 60.0 Å². The fourth-order valence-electron chi connectivity index (χ4n) is 3.29. The lowest BCUT2D eigenvalue weighted by Gasteiger charge is -2.06. The van der Waals surface area contributed by atoms with E-state index in [0.29, 0.717) is 19.6 Å². The predicted octanol–water partition coefficient (Wildman–Crippen LogP) is 3.27. The first-order valence-electron chi connectivity index (χ1n) is 9.11. The molecule has 0 unspecified atom stereocenters. The molecule has 5 heteroatoms. The van der Waals surface area contributed by atoms with Crippen LogP contribution in [0, 0.1) is 0 Å². The van der Waals surface area contributed by atoms with Crippen molar-refractivity contribution in [2.24, 2.45) is 7.05 Å². The van der Waals surface area contributed by atoms with Crippen molar-refractivity contribution in [1.82, 2.24) is 14.5 Å². The maximum absolute atomic E-state index is 12.1. The fourth-order valence-corrected chi connectivity index (χ4v) is 3.29. The minimum Gasteiger partial charge on any atom is -0.383 e. The standard InChI is InChI=1S/C21H27N3O2/c1-23-12-6-8-18(23)15-22-21(25)11-5-7-17-16-24(13-14-26-2)20-10-4-3-9-19(17)20/h3-4,6,8-10,12,16H,5,7,11,13-15H2,1-2H3,(H,22,25). The summed E-state index contributed by atoms with van der Waals surface area (Å²) in [6.07, 6.45) is 6.48. The lowest BCUT2D eigenvalue weighted by molar-refractivity contribution is -0.121. The van der Waals surface area contributed by atoms with Crippen LogP contribution in [0.3, 0.4) is 0 Å². The van der Waals surface area contributed by atoms with Crippen LogP contribution in [-0.4, -0.2) is 28.8 Å². The van der Waals surface area contributed by atoms with Crippen molar-refractivity contribution < 1.29 is 9.53 Å². The van der Waals surface area contributed by atoms with Gasteiger partial charge in [-0.1, -0.05) is 18.2 Å². The summed E-state index contributed by atoms with van der Waals surface area (Å²) in [7, 11) is 3.71. The molecule has 3 aromatic rings. The van der Waals surface area contributed by atoms with E-state index in [1.54, 1.807) is 7.11 Å². The molecule has 0 radical (unpaired) electrons. The van der Waals surface area contributed by atoms with Gasteiger partial charge in [-0.15, -0.1) is 0 Å². The first kappa shape index (κ1) is 18.3. The number of ether oxygens (including phenoxy) is 1. The molecule has 0 atom stereocenters. The topological polar surface area (TPSA) is 48.2 Å². The molecule has 0 saturated heterocycles. The van der Waals surface area contributed by atoms with Crippen molar-refractivity contribution in [2.75, 3.05) is 13.7 Å². The van der Waals surface area contributed by atoms with Crippen LogP contribution < -0.4 is 5.32 Å². The van der Waals surface area contributed by atoms with Crippen LogP contribution in [0.4, 0.5) is 0 Å². The average molecular weight is 353 g/mol. The van der Waals surface area contributed by atoms with Gasteiger partial charge in [0, 0.05) is 56.1 Å². The van der Waals surface area contributed by atoms with Gasteiger partial charge < -0.3 is 19.2 Å². The van der Waals surface area contributed by atoms with E-state index in [2.05, 4.69) is 40.3 Å². The van der Waals surface area contributed by atoms with Crippen LogP contribution in [0.15, 0.2) is 48.8 Å². The maximum Gasteiger partial charge on any atom is 0.220 e. The number of nitrogens with zero attached hydrogens (tertiary/aromatic N) is 2. The van der Waals surface area contributed by atoms with Gasteiger partial charge >= 0.3 is 0 Å². The summed E-state index contributed by atoms with van der Waals surface area (Å²) in [5, 5.41) is 4.27. The van der Waals surface area contributed by atoms with Crippen molar-refractivity contribution in [1.29, 1.82) is 0 Å². The number of aryl methyl sites for hydroxylation is 2. The number of amides is 1. The highest BCUT2D eigenvalue weighted by atomic mass is 16.5. The molecule has 138 valence electrons. The highest BCUT2D eigenvalue weighted by molar-refractivity contribution is 5.84. The lowest BCUT2D eigenvalue weighted by atomic mass is 10.1.